The molecule has 0 amide bonds. The number of carbonyl (C=O) groups is 1. The highest BCUT2D eigenvalue weighted by Gasteiger charge is 2.15. The minimum Gasteiger partial charge on any atom is -0.475 e. The largest absolute Gasteiger partial charge is 0.475 e. The van der Waals surface area contributed by atoms with Gasteiger partial charge in [-0.1, -0.05) is 16.8 Å². The van der Waals surface area contributed by atoms with Crippen LogP contribution in [0.15, 0.2) is 35.0 Å². The van der Waals surface area contributed by atoms with Crippen LogP contribution in [-0.4, -0.2) is 21.2 Å². The molecule has 6 heteroatoms. The van der Waals surface area contributed by atoms with E-state index in [1.54, 1.807) is 18.3 Å². The Bertz CT molecular complexity index is 745. The zero-order chi connectivity index (χ0) is 12.7. The number of hydrogen-bond donors (Lipinski definition) is 2. The second kappa shape index (κ2) is 3.89. The van der Waals surface area contributed by atoms with E-state index >= 15 is 0 Å². The van der Waals surface area contributed by atoms with E-state index in [0.29, 0.717) is 10.7 Å². The van der Waals surface area contributed by atoms with Crippen molar-refractivity contribution in [3.05, 3.63) is 41.2 Å². The lowest BCUT2D eigenvalue weighted by molar-refractivity contribution is 0.0652. The predicted octanol–water partition coefficient (Wildman–Crippen LogP) is 3.17. The summed E-state index contributed by atoms with van der Waals surface area (Å²) in [6.45, 7) is 0. The van der Waals surface area contributed by atoms with Crippen molar-refractivity contribution < 1.29 is 14.4 Å². The van der Waals surface area contributed by atoms with Crippen LogP contribution in [0.25, 0.3) is 22.2 Å². The highest BCUT2D eigenvalue weighted by Crippen LogP contribution is 2.30. The Morgan fingerprint density at radius 2 is 2.22 bits per heavy atom. The van der Waals surface area contributed by atoms with Crippen LogP contribution in [0.2, 0.25) is 5.02 Å². The molecular weight excluding hydrogens is 256 g/mol. The number of halogens is 1. The molecule has 0 atom stereocenters. The molecule has 2 aromatic heterocycles. The molecular formula is C12H7ClN2O3. The van der Waals surface area contributed by atoms with E-state index in [2.05, 4.69) is 10.1 Å². The molecule has 3 aromatic rings. The fraction of sp³-hybridized carbons (Fsp3) is 0. The number of carboxylic acid groups (broad SMARTS) is 1. The summed E-state index contributed by atoms with van der Waals surface area (Å²) in [4.78, 5) is 13.8. The van der Waals surface area contributed by atoms with Gasteiger partial charge in [0.25, 0.3) is 0 Å². The van der Waals surface area contributed by atoms with E-state index < -0.39 is 5.97 Å². The van der Waals surface area contributed by atoms with Gasteiger partial charge in [0.1, 0.15) is 5.69 Å². The molecule has 0 saturated heterocycles. The number of rotatable bonds is 2. The van der Waals surface area contributed by atoms with Crippen molar-refractivity contribution in [1.29, 1.82) is 0 Å². The van der Waals surface area contributed by atoms with Gasteiger partial charge in [-0.25, -0.2) is 4.79 Å². The van der Waals surface area contributed by atoms with E-state index in [0.717, 1.165) is 16.5 Å². The second-order valence-electron chi connectivity index (χ2n) is 3.77. The fourth-order valence-electron chi connectivity index (χ4n) is 1.81. The molecule has 5 nitrogen and oxygen atoms in total. The third-order valence-corrected chi connectivity index (χ3v) is 2.88. The third kappa shape index (κ3) is 1.65. The summed E-state index contributed by atoms with van der Waals surface area (Å²) in [6, 6.07) is 6.79. The molecule has 0 aliphatic carbocycles. The standard InChI is InChI=1S/C12H7ClN2O3/c13-6-1-2-9-7(3-6)8(5-14-9)10-4-11(12(16)17)18-15-10/h1-5,14H,(H,16,17). The van der Waals surface area contributed by atoms with Crippen molar-refractivity contribution in [3.8, 4) is 11.3 Å². The van der Waals surface area contributed by atoms with Crippen LogP contribution in [0.1, 0.15) is 10.6 Å². The number of nitrogens with zero attached hydrogens (tertiary/aromatic N) is 1. The topological polar surface area (TPSA) is 79.1 Å². The molecule has 0 unspecified atom stereocenters. The molecule has 0 spiro atoms. The number of carboxylic acids is 1. The number of nitrogens with one attached hydrogen (secondary N) is 1. The Morgan fingerprint density at radius 3 is 2.94 bits per heavy atom. The van der Waals surface area contributed by atoms with Gasteiger partial charge in [0.15, 0.2) is 0 Å². The maximum absolute atomic E-state index is 10.7. The number of hydrogen-bond acceptors (Lipinski definition) is 3. The Kier molecular flexibility index (Phi) is 2.34. The summed E-state index contributed by atoms with van der Waals surface area (Å²) in [5, 5.41) is 14.0. The molecule has 0 aliphatic heterocycles. The lowest BCUT2D eigenvalue weighted by atomic mass is 10.1. The van der Waals surface area contributed by atoms with Crippen LogP contribution in [0, 0.1) is 0 Å². The van der Waals surface area contributed by atoms with Gasteiger partial charge in [-0.05, 0) is 18.2 Å². The van der Waals surface area contributed by atoms with Crippen LogP contribution >= 0.6 is 11.6 Å². The molecule has 18 heavy (non-hydrogen) atoms. The van der Waals surface area contributed by atoms with Crippen LogP contribution < -0.4 is 0 Å². The van der Waals surface area contributed by atoms with E-state index in [4.69, 9.17) is 21.2 Å². The summed E-state index contributed by atoms with van der Waals surface area (Å²) in [6.07, 6.45) is 1.74. The molecule has 0 aliphatic rings. The van der Waals surface area contributed by atoms with Gasteiger partial charge in [-0.15, -0.1) is 0 Å². The SMILES string of the molecule is O=C(O)c1cc(-c2c[nH]c3ccc(Cl)cc23)no1. The first-order valence-corrected chi connectivity index (χ1v) is 5.50. The maximum atomic E-state index is 10.7. The number of H-pyrrole nitrogens is 1. The normalized spacial score (nSPS) is 10.9. The predicted molar refractivity (Wildman–Crippen MR) is 65.8 cm³/mol. The summed E-state index contributed by atoms with van der Waals surface area (Å²) in [7, 11) is 0. The van der Waals surface area contributed by atoms with Crippen LogP contribution in [0.4, 0.5) is 0 Å². The zero-order valence-electron chi connectivity index (χ0n) is 8.98. The van der Waals surface area contributed by atoms with Gasteiger partial charge in [0, 0.05) is 33.8 Å². The van der Waals surface area contributed by atoms with Crippen LogP contribution in [0.3, 0.4) is 0 Å². The van der Waals surface area contributed by atoms with Gasteiger partial charge in [-0.2, -0.15) is 0 Å². The number of fused-ring (bicyclic) bond motifs is 1. The monoisotopic (exact) mass is 262 g/mol. The molecule has 2 N–H and O–H groups in total. The Labute approximate surface area is 106 Å². The average molecular weight is 263 g/mol. The lowest BCUT2D eigenvalue weighted by Crippen LogP contribution is -1.91. The van der Waals surface area contributed by atoms with Crippen molar-refractivity contribution >= 4 is 28.5 Å². The lowest BCUT2D eigenvalue weighted by Gasteiger charge is -1.94. The summed E-state index contributed by atoms with van der Waals surface area (Å²) in [5.74, 6) is -1.34. The Morgan fingerprint density at radius 1 is 1.39 bits per heavy atom. The van der Waals surface area contributed by atoms with Gasteiger partial charge < -0.3 is 14.6 Å². The van der Waals surface area contributed by atoms with Crippen LogP contribution in [0.5, 0.6) is 0 Å². The Hall–Kier alpha value is -2.27. The van der Waals surface area contributed by atoms with Crippen molar-refractivity contribution in [2.75, 3.05) is 0 Å². The molecule has 3 rings (SSSR count). The highest BCUT2D eigenvalue weighted by atomic mass is 35.5. The quantitative estimate of drug-likeness (QED) is 0.743. The van der Waals surface area contributed by atoms with E-state index in [1.165, 1.54) is 6.07 Å². The minimum atomic E-state index is -1.15. The first-order valence-electron chi connectivity index (χ1n) is 5.12. The van der Waals surface area contributed by atoms with Gasteiger partial charge in [0.2, 0.25) is 5.76 Å². The molecule has 0 saturated carbocycles. The van der Waals surface area contributed by atoms with E-state index in [9.17, 15) is 4.79 Å². The molecule has 90 valence electrons. The number of aromatic nitrogens is 2. The molecule has 1 aromatic carbocycles. The summed E-state index contributed by atoms with van der Waals surface area (Å²) in [5.41, 5.74) is 2.11. The van der Waals surface area contributed by atoms with Crippen molar-refractivity contribution in [1.82, 2.24) is 10.1 Å². The highest BCUT2D eigenvalue weighted by molar-refractivity contribution is 6.31. The maximum Gasteiger partial charge on any atom is 0.374 e. The zero-order valence-corrected chi connectivity index (χ0v) is 9.73. The molecule has 0 fully saturated rings. The van der Waals surface area contributed by atoms with E-state index in [1.807, 2.05) is 6.07 Å². The first-order chi connectivity index (χ1) is 8.65. The summed E-state index contributed by atoms with van der Waals surface area (Å²) >= 11 is 5.94. The van der Waals surface area contributed by atoms with E-state index in [-0.39, 0.29) is 5.76 Å². The van der Waals surface area contributed by atoms with Crippen molar-refractivity contribution in [2.45, 2.75) is 0 Å². The number of aromatic amines is 1. The average Bonchev–Trinajstić information content (AvgIpc) is 2.93. The van der Waals surface area contributed by atoms with Crippen molar-refractivity contribution in [3.63, 3.8) is 0 Å². The molecule has 0 radical (unpaired) electrons. The third-order valence-electron chi connectivity index (χ3n) is 2.64. The number of aromatic carboxylic acids is 1. The smallest absolute Gasteiger partial charge is 0.374 e. The van der Waals surface area contributed by atoms with Crippen LogP contribution in [-0.2, 0) is 0 Å². The second-order valence-corrected chi connectivity index (χ2v) is 4.21. The molecule has 2 heterocycles. The Balaban J connectivity index is 2.18. The number of benzene rings is 1. The first kappa shape index (κ1) is 10.9. The minimum absolute atomic E-state index is 0.193. The molecule has 0 bridgehead atoms. The van der Waals surface area contributed by atoms with Gasteiger partial charge in [0.05, 0.1) is 0 Å². The van der Waals surface area contributed by atoms with Gasteiger partial charge >= 0.3 is 5.97 Å². The summed E-state index contributed by atoms with van der Waals surface area (Å²) < 4.78 is 4.73. The fourth-order valence-corrected chi connectivity index (χ4v) is 1.98. The van der Waals surface area contributed by atoms with Crippen molar-refractivity contribution in [2.24, 2.45) is 0 Å². The van der Waals surface area contributed by atoms with Gasteiger partial charge in [-0.3, -0.25) is 0 Å².